The molecule has 0 aliphatic carbocycles. The Balaban J connectivity index is 1.80. The highest BCUT2D eigenvalue weighted by atomic mass is 35.5. The van der Waals surface area contributed by atoms with Crippen molar-refractivity contribution in [2.45, 2.75) is 44.5 Å². The molecule has 2 N–H and O–H groups in total. The van der Waals surface area contributed by atoms with E-state index in [0.717, 1.165) is 19.3 Å². The maximum absolute atomic E-state index is 10.1. The molecule has 1 saturated heterocycles. The Kier molecular flexibility index (Phi) is 8.49. The molecule has 0 radical (unpaired) electrons. The molecule has 3 unspecified atom stereocenters. The van der Waals surface area contributed by atoms with Crippen LogP contribution in [-0.2, 0) is 4.74 Å². The van der Waals surface area contributed by atoms with Gasteiger partial charge < -0.3 is 19.7 Å². The standard InChI is InChI=1S/C20H27ClO4/c1-2-3-4-5-9-18-19(23)14-25-20(18)11-10-16(22)13-24-17-8-6-7-15(21)12-17/h3-4,6-8,10-12,16,18-20,22-23H,2,5,9,13-14H2,1H3/b4-3-,11-10+/t16?,18?,19?,20-/m1/s1. The molecule has 2 rings (SSSR count). The van der Waals surface area contributed by atoms with Gasteiger partial charge in [0.15, 0.2) is 0 Å². The lowest BCUT2D eigenvalue weighted by Crippen LogP contribution is -2.23. The molecule has 0 amide bonds. The van der Waals surface area contributed by atoms with Crippen LogP contribution < -0.4 is 4.74 Å². The van der Waals surface area contributed by atoms with Crippen molar-refractivity contribution in [3.63, 3.8) is 0 Å². The fourth-order valence-corrected chi connectivity index (χ4v) is 3.02. The Bertz CT molecular complexity index is 573. The van der Waals surface area contributed by atoms with E-state index >= 15 is 0 Å². The van der Waals surface area contributed by atoms with Crippen LogP contribution in [0.5, 0.6) is 5.75 Å². The number of halogens is 1. The first kappa shape index (κ1) is 20.0. The number of hydrogen-bond donors (Lipinski definition) is 2. The minimum absolute atomic E-state index is 0.0544. The van der Waals surface area contributed by atoms with Crippen LogP contribution in [0.4, 0.5) is 0 Å². The number of rotatable bonds is 9. The van der Waals surface area contributed by atoms with E-state index in [4.69, 9.17) is 21.1 Å². The molecule has 1 aromatic rings. The van der Waals surface area contributed by atoms with E-state index in [1.807, 2.05) is 6.08 Å². The second-order valence-electron chi connectivity index (χ2n) is 6.21. The van der Waals surface area contributed by atoms with Crippen LogP contribution in [0.1, 0.15) is 26.2 Å². The maximum atomic E-state index is 10.1. The molecule has 1 aliphatic heterocycles. The molecule has 25 heavy (non-hydrogen) atoms. The lowest BCUT2D eigenvalue weighted by molar-refractivity contribution is 0.106. The summed E-state index contributed by atoms with van der Waals surface area (Å²) in [5.74, 6) is 0.673. The second kappa shape index (κ2) is 10.6. The first-order valence-corrected chi connectivity index (χ1v) is 9.17. The largest absolute Gasteiger partial charge is 0.491 e. The van der Waals surface area contributed by atoms with Crippen LogP contribution in [0.3, 0.4) is 0 Å². The monoisotopic (exact) mass is 366 g/mol. The van der Waals surface area contributed by atoms with Gasteiger partial charge in [-0.25, -0.2) is 0 Å². The Morgan fingerprint density at radius 1 is 1.40 bits per heavy atom. The van der Waals surface area contributed by atoms with Gasteiger partial charge in [0, 0.05) is 10.9 Å². The number of aliphatic hydroxyl groups is 2. The lowest BCUT2D eigenvalue weighted by Gasteiger charge is -2.17. The molecule has 0 saturated carbocycles. The smallest absolute Gasteiger partial charge is 0.120 e. The fourth-order valence-electron chi connectivity index (χ4n) is 2.84. The molecular weight excluding hydrogens is 340 g/mol. The molecule has 0 bridgehead atoms. The van der Waals surface area contributed by atoms with E-state index in [2.05, 4.69) is 19.1 Å². The first-order valence-electron chi connectivity index (χ1n) is 8.79. The Morgan fingerprint density at radius 3 is 3.00 bits per heavy atom. The molecule has 0 aromatic heterocycles. The summed E-state index contributed by atoms with van der Waals surface area (Å²) < 4.78 is 11.2. The molecule has 4 atom stereocenters. The van der Waals surface area contributed by atoms with Gasteiger partial charge in [0.1, 0.15) is 18.5 Å². The van der Waals surface area contributed by atoms with Crippen LogP contribution in [0.25, 0.3) is 0 Å². The number of benzene rings is 1. The van der Waals surface area contributed by atoms with Crippen molar-refractivity contribution in [1.29, 1.82) is 0 Å². The van der Waals surface area contributed by atoms with E-state index < -0.39 is 12.2 Å². The molecular formula is C20H27ClO4. The molecule has 5 heteroatoms. The van der Waals surface area contributed by atoms with Crippen LogP contribution in [0.15, 0.2) is 48.6 Å². The molecule has 1 fully saturated rings. The van der Waals surface area contributed by atoms with Gasteiger partial charge in [-0.3, -0.25) is 0 Å². The zero-order valence-electron chi connectivity index (χ0n) is 14.6. The summed E-state index contributed by atoms with van der Waals surface area (Å²) in [6.07, 6.45) is 9.19. The van der Waals surface area contributed by atoms with Crippen molar-refractivity contribution in [2.24, 2.45) is 5.92 Å². The fraction of sp³-hybridized carbons (Fsp3) is 0.500. The summed E-state index contributed by atoms with van der Waals surface area (Å²) >= 11 is 5.90. The number of ether oxygens (including phenoxy) is 2. The van der Waals surface area contributed by atoms with Crippen molar-refractivity contribution in [2.75, 3.05) is 13.2 Å². The van der Waals surface area contributed by atoms with E-state index in [-0.39, 0.29) is 18.6 Å². The van der Waals surface area contributed by atoms with Crippen molar-refractivity contribution in [3.8, 4) is 5.75 Å². The molecule has 138 valence electrons. The Labute approximate surface area is 154 Å². The van der Waals surface area contributed by atoms with Gasteiger partial charge in [0.2, 0.25) is 0 Å². The highest BCUT2D eigenvalue weighted by molar-refractivity contribution is 6.30. The summed E-state index contributed by atoms with van der Waals surface area (Å²) in [5.41, 5.74) is 0. The summed E-state index contributed by atoms with van der Waals surface area (Å²) in [6, 6.07) is 7.06. The van der Waals surface area contributed by atoms with E-state index in [0.29, 0.717) is 17.4 Å². The quantitative estimate of drug-likeness (QED) is 0.653. The molecule has 1 aliphatic rings. The number of aliphatic hydroxyl groups excluding tert-OH is 2. The molecule has 4 nitrogen and oxygen atoms in total. The average molecular weight is 367 g/mol. The predicted octanol–water partition coefficient (Wildman–Crippen LogP) is 3.76. The zero-order chi connectivity index (χ0) is 18.1. The minimum atomic E-state index is -0.749. The second-order valence-corrected chi connectivity index (χ2v) is 6.64. The van der Waals surface area contributed by atoms with Crippen LogP contribution in [0.2, 0.25) is 5.02 Å². The van der Waals surface area contributed by atoms with Gasteiger partial charge in [-0.05, 0) is 37.5 Å². The highest BCUT2D eigenvalue weighted by Gasteiger charge is 2.33. The van der Waals surface area contributed by atoms with Crippen molar-refractivity contribution in [1.82, 2.24) is 0 Å². The summed E-state index contributed by atoms with van der Waals surface area (Å²) in [6.45, 7) is 2.57. The lowest BCUT2D eigenvalue weighted by atomic mass is 9.93. The molecule has 1 aromatic carbocycles. The SMILES string of the molecule is CC/C=C\CCC1C(O)CO[C@@H]1/C=C/C(O)COc1cccc(Cl)c1. The normalized spacial score (nSPS) is 25.0. The number of allylic oxidation sites excluding steroid dienone is 2. The summed E-state index contributed by atoms with van der Waals surface area (Å²) in [7, 11) is 0. The van der Waals surface area contributed by atoms with Gasteiger partial charge in [-0.2, -0.15) is 0 Å². The van der Waals surface area contributed by atoms with E-state index in [9.17, 15) is 10.2 Å². The predicted molar refractivity (Wildman–Crippen MR) is 100.0 cm³/mol. The third-order valence-corrected chi connectivity index (χ3v) is 4.42. The molecule has 0 spiro atoms. The number of hydrogen-bond acceptors (Lipinski definition) is 4. The third-order valence-electron chi connectivity index (χ3n) is 4.18. The zero-order valence-corrected chi connectivity index (χ0v) is 15.3. The maximum Gasteiger partial charge on any atom is 0.120 e. The average Bonchev–Trinajstić information content (AvgIpc) is 2.95. The third kappa shape index (κ3) is 6.83. The minimum Gasteiger partial charge on any atom is -0.491 e. The molecule has 1 heterocycles. The summed E-state index contributed by atoms with van der Waals surface area (Å²) in [4.78, 5) is 0. The van der Waals surface area contributed by atoms with Crippen LogP contribution in [0, 0.1) is 5.92 Å². The summed E-state index contributed by atoms with van der Waals surface area (Å²) in [5, 5.41) is 20.7. The van der Waals surface area contributed by atoms with Crippen LogP contribution >= 0.6 is 11.6 Å². The topological polar surface area (TPSA) is 58.9 Å². The van der Waals surface area contributed by atoms with E-state index in [1.54, 1.807) is 30.3 Å². The van der Waals surface area contributed by atoms with Gasteiger partial charge >= 0.3 is 0 Å². The van der Waals surface area contributed by atoms with Crippen LogP contribution in [-0.4, -0.2) is 41.7 Å². The van der Waals surface area contributed by atoms with Gasteiger partial charge in [0.25, 0.3) is 0 Å². The van der Waals surface area contributed by atoms with E-state index in [1.165, 1.54) is 0 Å². The highest BCUT2D eigenvalue weighted by Crippen LogP contribution is 2.27. The van der Waals surface area contributed by atoms with Gasteiger partial charge in [-0.15, -0.1) is 0 Å². The van der Waals surface area contributed by atoms with Gasteiger partial charge in [0.05, 0.1) is 18.8 Å². The Hall–Kier alpha value is -1.33. The van der Waals surface area contributed by atoms with Gasteiger partial charge in [-0.1, -0.05) is 48.9 Å². The Morgan fingerprint density at radius 2 is 2.24 bits per heavy atom. The van der Waals surface area contributed by atoms with Crippen molar-refractivity contribution in [3.05, 3.63) is 53.6 Å². The van der Waals surface area contributed by atoms with Crippen molar-refractivity contribution < 1.29 is 19.7 Å². The first-order chi connectivity index (χ1) is 12.1. The van der Waals surface area contributed by atoms with Crippen molar-refractivity contribution >= 4 is 11.6 Å².